The molecule has 0 bridgehead atoms. The van der Waals surface area contributed by atoms with Crippen LogP contribution >= 0.6 is 0 Å². The first-order valence-electron chi connectivity index (χ1n) is 7.23. The summed E-state index contributed by atoms with van der Waals surface area (Å²) in [5.74, 6) is 0. The molecule has 2 heterocycles. The molecule has 2 aliphatic heterocycles. The monoisotopic (exact) mass is 272 g/mol. The Hall–Kier alpha value is -0.840. The molecule has 0 N–H and O–H groups in total. The highest BCUT2D eigenvalue weighted by atomic mass is 19.1. The lowest BCUT2D eigenvalue weighted by Crippen LogP contribution is -2.53. The van der Waals surface area contributed by atoms with Crippen LogP contribution in [0.4, 0.5) is 9.18 Å². The van der Waals surface area contributed by atoms with E-state index in [0.717, 1.165) is 13.1 Å². The van der Waals surface area contributed by atoms with Gasteiger partial charge in [-0.3, -0.25) is 4.90 Å². The van der Waals surface area contributed by atoms with E-state index in [1.807, 2.05) is 20.8 Å². The van der Waals surface area contributed by atoms with Gasteiger partial charge in [0.15, 0.2) is 0 Å². The quantitative estimate of drug-likeness (QED) is 0.735. The fourth-order valence-electron chi connectivity index (χ4n) is 2.87. The van der Waals surface area contributed by atoms with Crippen molar-refractivity contribution in [3.05, 3.63) is 0 Å². The summed E-state index contributed by atoms with van der Waals surface area (Å²) in [4.78, 5) is 15.6. The molecule has 2 saturated heterocycles. The van der Waals surface area contributed by atoms with Crippen LogP contribution in [0.3, 0.4) is 0 Å². The number of hydrogen-bond donors (Lipinski definition) is 0. The number of hydrogen-bond acceptors (Lipinski definition) is 3. The molecule has 0 radical (unpaired) electrons. The maximum Gasteiger partial charge on any atom is 0.410 e. The molecule has 0 aliphatic carbocycles. The zero-order chi connectivity index (χ0) is 14.0. The molecule has 4 nitrogen and oxygen atoms in total. The zero-order valence-electron chi connectivity index (χ0n) is 12.2. The van der Waals surface area contributed by atoms with E-state index < -0.39 is 17.9 Å². The number of nitrogens with zero attached hydrogens (tertiary/aromatic N) is 2. The van der Waals surface area contributed by atoms with Crippen LogP contribution in [0.2, 0.25) is 0 Å². The number of amides is 1. The molecular weight excluding hydrogens is 247 g/mol. The summed E-state index contributed by atoms with van der Waals surface area (Å²) in [6.45, 7) is 8.24. The van der Waals surface area contributed by atoms with Crippen molar-refractivity contribution in [2.45, 2.75) is 57.8 Å². The van der Waals surface area contributed by atoms with E-state index in [9.17, 15) is 9.18 Å². The Balaban J connectivity index is 1.87. The van der Waals surface area contributed by atoms with Gasteiger partial charge < -0.3 is 9.64 Å². The number of ether oxygens (including phenoxy) is 1. The second-order valence-electron chi connectivity index (χ2n) is 6.54. The van der Waals surface area contributed by atoms with Crippen molar-refractivity contribution < 1.29 is 13.9 Å². The Bertz CT molecular complexity index is 324. The Morgan fingerprint density at radius 3 is 2.37 bits per heavy atom. The van der Waals surface area contributed by atoms with Gasteiger partial charge in [-0.05, 0) is 53.1 Å². The number of carbonyl (C=O) groups is 1. The first-order valence-corrected chi connectivity index (χ1v) is 7.23. The second kappa shape index (κ2) is 5.65. The minimum Gasteiger partial charge on any atom is -0.444 e. The largest absolute Gasteiger partial charge is 0.444 e. The molecular formula is C14H25FN2O2. The molecule has 2 unspecified atom stereocenters. The Labute approximate surface area is 114 Å². The minimum absolute atomic E-state index is 0.0128. The van der Waals surface area contributed by atoms with Crippen LogP contribution in [-0.4, -0.2) is 59.9 Å². The van der Waals surface area contributed by atoms with Gasteiger partial charge >= 0.3 is 6.09 Å². The van der Waals surface area contributed by atoms with E-state index in [-0.39, 0.29) is 12.6 Å². The molecule has 1 amide bonds. The van der Waals surface area contributed by atoms with Gasteiger partial charge in [-0.15, -0.1) is 0 Å². The standard InChI is InChI=1S/C14H25FN2O2/c1-14(2,3)19-13(18)17-9-6-12(11(15)10-17)16-7-4-5-8-16/h11-12H,4-10H2,1-3H3. The van der Waals surface area contributed by atoms with E-state index in [0.29, 0.717) is 13.0 Å². The van der Waals surface area contributed by atoms with Gasteiger partial charge in [0.1, 0.15) is 11.8 Å². The van der Waals surface area contributed by atoms with E-state index >= 15 is 0 Å². The maximum absolute atomic E-state index is 14.3. The number of piperidine rings is 1. The summed E-state index contributed by atoms with van der Waals surface area (Å²) in [6.07, 6.45) is 1.69. The summed E-state index contributed by atoms with van der Waals surface area (Å²) in [5.41, 5.74) is -0.519. The van der Waals surface area contributed by atoms with Crippen molar-refractivity contribution in [3.63, 3.8) is 0 Å². The van der Waals surface area contributed by atoms with Crippen LogP contribution < -0.4 is 0 Å². The molecule has 5 heteroatoms. The third kappa shape index (κ3) is 3.81. The number of carbonyl (C=O) groups excluding carboxylic acids is 1. The third-order valence-corrected chi connectivity index (χ3v) is 3.77. The lowest BCUT2D eigenvalue weighted by atomic mass is 10.0. The molecule has 0 aromatic heterocycles. The predicted molar refractivity (Wildman–Crippen MR) is 71.9 cm³/mol. The number of likely N-dealkylation sites (tertiary alicyclic amines) is 2. The average Bonchev–Trinajstić information content (AvgIpc) is 2.79. The zero-order valence-corrected chi connectivity index (χ0v) is 12.2. The maximum atomic E-state index is 14.3. The van der Waals surface area contributed by atoms with Crippen molar-refractivity contribution in [2.75, 3.05) is 26.2 Å². The highest BCUT2D eigenvalue weighted by Crippen LogP contribution is 2.24. The van der Waals surface area contributed by atoms with Gasteiger partial charge in [-0.25, -0.2) is 9.18 Å². The van der Waals surface area contributed by atoms with Crippen LogP contribution in [0.25, 0.3) is 0 Å². The Kier molecular flexibility index (Phi) is 4.33. The smallest absolute Gasteiger partial charge is 0.410 e. The van der Waals surface area contributed by atoms with Gasteiger partial charge in [-0.2, -0.15) is 0 Å². The average molecular weight is 272 g/mol. The normalized spacial score (nSPS) is 29.6. The molecule has 110 valence electrons. The van der Waals surface area contributed by atoms with Gasteiger partial charge in [0.2, 0.25) is 0 Å². The van der Waals surface area contributed by atoms with Crippen molar-refractivity contribution >= 4 is 6.09 Å². The lowest BCUT2D eigenvalue weighted by molar-refractivity contribution is -0.00203. The molecule has 2 atom stereocenters. The Morgan fingerprint density at radius 2 is 1.84 bits per heavy atom. The first kappa shape index (κ1) is 14.6. The molecule has 19 heavy (non-hydrogen) atoms. The molecule has 2 fully saturated rings. The first-order chi connectivity index (χ1) is 8.87. The van der Waals surface area contributed by atoms with Crippen molar-refractivity contribution in [1.29, 1.82) is 0 Å². The highest BCUT2D eigenvalue weighted by Gasteiger charge is 2.37. The van der Waals surface area contributed by atoms with E-state index in [4.69, 9.17) is 4.74 Å². The molecule has 0 spiro atoms. The SMILES string of the molecule is CC(C)(C)OC(=O)N1CCC(N2CCCC2)C(F)C1. The molecule has 0 aromatic rings. The minimum atomic E-state index is -0.959. The van der Waals surface area contributed by atoms with Gasteiger partial charge in [-0.1, -0.05) is 0 Å². The summed E-state index contributed by atoms with van der Waals surface area (Å²) in [5, 5.41) is 0. The van der Waals surface area contributed by atoms with Crippen molar-refractivity contribution in [3.8, 4) is 0 Å². The number of halogens is 1. The fraction of sp³-hybridized carbons (Fsp3) is 0.929. The summed E-state index contributed by atoms with van der Waals surface area (Å²) in [6, 6.07) is -0.0128. The van der Waals surface area contributed by atoms with Crippen molar-refractivity contribution in [1.82, 2.24) is 9.80 Å². The molecule has 0 saturated carbocycles. The van der Waals surface area contributed by atoms with Crippen LogP contribution in [0.1, 0.15) is 40.0 Å². The van der Waals surface area contributed by atoms with Crippen LogP contribution in [0.5, 0.6) is 0 Å². The van der Waals surface area contributed by atoms with E-state index in [2.05, 4.69) is 4.90 Å². The Morgan fingerprint density at radius 1 is 1.21 bits per heavy atom. The summed E-state index contributed by atoms with van der Waals surface area (Å²) >= 11 is 0. The summed E-state index contributed by atoms with van der Waals surface area (Å²) in [7, 11) is 0. The topological polar surface area (TPSA) is 32.8 Å². The fourth-order valence-corrected chi connectivity index (χ4v) is 2.87. The third-order valence-electron chi connectivity index (χ3n) is 3.77. The summed E-state index contributed by atoms with van der Waals surface area (Å²) < 4.78 is 19.5. The van der Waals surface area contributed by atoms with E-state index in [1.165, 1.54) is 17.7 Å². The number of rotatable bonds is 1. The van der Waals surface area contributed by atoms with E-state index in [1.54, 1.807) is 0 Å². The predicted octanol–water partition coefficient (Wildman–Crippen LogP) is 2.43. The van der Waals surface area contributed by atoms with Crippen LogP contribution in [0.15, 0.2) is 0 Å². The second-order valence-corrected chi connectivity index (χ2v) is 6.54. The van der Waals surface area contributed by atoms with Gasteiger partial charge in [0, 0.05) is 12.6 Å². The molecule has 0 aromatic carbocycles. The lowest BCUT2D eigenvalue weighted by Gasteiger charge is -2.39. The molecule has 2 aliphatic rings. The number of alkyl halides is 1. The van der Waals surface area contributed by atoms with Gasteiger partial charge in [0.25, 0.3) is 0 Å². The molecule has 2 rings (SSSR count). The van der Waals surface area contributed by atoms with Crippen LogP contribution in [-0.2, 0) is 4.74 Å². The van der Waals surface area contributed by atoms with Crippen LogP contribution in [0, 0.1) is 0 Å². The van der Waals surface area contributed by atoms with Crippen molar-refractivity contribution in [2.24, 2.45) is 0 Å². The highest BCUT2D eigenvalue weighted by molar-refractivity contribution is 5.68. The van der Waals surface area contributed by atoms with Gasteiger partial charge in [0.05, 0.1) is 6.54 Å².